The Balaban J connectivity index is 2.15. The van der Waals surface area contributed by atoms with Crippen molar-refractivity contribution in [3.63, 3.8) is 0 Å². The van der Waals surface area contributed by atoms with Crippen molar-refractivity contribution < 1.29 is 13.5 Å². The molecule has 2 heterocycles. The summed E-state index contributed by atoms with van der Waals surface area (Å²) in [6, 6.07) is 8.06. The molecule has 0 aliphatic heterocycles. The van der Waals surface area contributed by atoms with Gasteiger partial charge in [-0.05, 0) is 53.6 Å². The summed E-state index contributed by atoms with van der Waals surface area (Å²) >= 11 is 0. The predicted octanol–water partition coefficient (Wildman–Crippen LogP) is 2.82. The normalized spacial score (nSPS) is 13.0. The molecule has 2 aromatic heterocycles. The molecule has 0 amide bonds. The third kappa shape index (κ3) is 4.05. The average molecular weight is 388 g/mol. The van der Waals surface area contributed by atoms with Gasteiger partial charge < -0.3 is 9.67 Å². The number of benzene rings is 1. The van der Waals surface area contributed by atoms with Crippen molar-refractivity contribution in [1.29, 1.82) is 0 Å². The van der Waals surface area contributed by atoms with E-state index in [4.69, 9.17) is 0 Å². The van der Waals surface area contributed by atoms with Crippen LogP contribution in [0.3, 0.4) is 0 Å². The van der Waals surface area contributed by atoms with Crippen LogP contribution in [0.2, 0.25) is 0 Å². The van der Waals surface area contributed by atoms with Gasteiger partial charge in [-0.3, -0.25) is 4.98 Å². The van der Waals surface area contributed by atoms with Gasteiger partial charge in [-0.25, -0.2) is 13.1 Å². The van der Waals surface area contributed by atoms with Crippen LogP contribution in [0, 0.1) is 12.8 Å². The molecule has 2 N–H and O–H groups in total. The van der Waals surface area contributed by atoms with E-state index in [1.165, 1.54) is 0 Å². The second kappa shape index (κ2) is 8.21. The summed E-state index contributed by atoms with van der Waals surface area (Å²) in [6.45, 7) is 6.34. The van der Waals surface area contributed by atoms with E-state index >= 15 is 0 Å². The molecule has 7 heteroatoms. The number of nitrogens with zero attached hydrogens (tertiary/aromatic N) is 2. The van der Waals surface area contributed by atoms with E-state index in [2.05, 4.69) is 22.7 Å². The molecule has 1 aromatic carbocycles. The highest BCUT2D eigenvalue weighted by molar-refractivity contribution is 7.70. The molecule has 0 bridgehead atoms. The molecule has 3 aromatic rings. The van der Waals surface area contributed by atoms with Crippen LogP contribution in [-0.2, 0) is 17.3 Å². The summed E-state index contributed by atoms with van der Waals surface area (Å²) in [6.07, 6.45) is 5.38. The molecule has 0 aliphatic rings. The number of fused-ring (bicyclic) bond motifs is 1. The van der Waals surface area contributed by atoms with Crippen LogP contribution in [-0.4, -0.2) is 29.6 Å². The lowest BCUT2D eigenvalue weighted by Crippen LogP contribution is -2.15. The number of rotatable bonds is 7. The van der Waals surface area contributed by atoms with E-state index in [-0.39, 0.29) is 5.92 Å². The quantitative estimate of drug-likeness (QED) is 0.544. The van der Waals surface area contributed by atoms with E-state index in [1.54, 1.807) is 12.4 Å². The first-order chi connectivity index (χ1) is 12.9. The number of hydrogen-bond donors (Lipinski definition) is 3. The minimum absolute atomic E-state index is 0.0478. The monoisotopic (exact) mass is 387 g/mol. The third-order valence-corrected chi connectivity index (χ3v) is 5.32. The van der Waals surface area contributed by atoms with Crippen LogP contribution in [0.15, 0.2) is 42.9 Å². The molecule has 1 unspecified atom stereocenters. The van der Waals surface area contributed by atoms with Gasteiger partial charge in [-0.1, -0.05) is 26.0 Å². The molecule has 27 heavy (non-hydrogen) atoms. The Bertz CT molecular complexity index is 1000. The number of aromatic nitrogens is 2. The lowest BCUT2D eigenvalue weighted by atomic mass is 9.97. The fourth-order valence-electron chi connectivity index (χ4n) is 3.45. The van der Waals surface area contributed by atoms with Gasteiger partial charge in [0.25, 0.3) is 0 Å². The predicted molar refractivity (Wildman–Crippen MR) is 108 cm³/mol. The Morgan fingerprint density at radius 2 is 1.89 bits per heavy atom. The van der Waals surface area contributed by atoms with Crippen molar-refractivity contribution in [2.45, 2.75) is 33.4 Å². The zero-order valence-corrected chi connectivity index (χ0v) is 16.6. The Kier molecular flexibility index (Phi) is 5.94. The van der Waals surface area contributed by atoms with Crippen LogP contribution >= 0.6 is 0 Å². The zero-order valence-electron chi connectivity index (χ0n) is 15.7. The molecule has 144 valence electrons. The highest BCUT2D eigenvalue weighted by atomic mass is 32.2. The molecule has 0 aliphatic carbocycles. The summed E-state index contributed by atoms with van der Waals surface area (Å²) in [7, 11) is -2.61. The number of pyridine rings is 1. The highest BCUT2D eigenvalue weighted by Gasteiger charge is 2.20. The fourth-order valence-corrected chi connectivity index (χ4v) is 3.74. The molecule has 1 atom stereocenters. The summed E-state index contributed by atoms with van der Waals surface area (Å²) in [5.74, 6) is 0.0478. The van der Waals surface area contributed by atoms with Gasteiger partial charge in [0.1, 0.15) is 6.23 Å². The number of hydrogen-bond acceptors (Lipinski definition) is 4. The summed E-state index contributed by atoms with van der Waals surface area (Å²) in [4.78, 5) is 4.08. The maximum Gasteiger partial charge on any atom is 0.201 e. The Labute approximate surface area is 161 Å². The molecule has 0 radical (unpaired) electrons. The number of aliphatic hydroxyl groups excluding tert-OH is 1. The van der Waals surface area contributed by atoms with Gasteiger partial charge in [0.15, 0.2) is 0 Å². The van der Waals surface area contributed by atoms with Crippen molar-refractivity contribution in [1.82, 2.24) is 14.3 Å². The fraction of sp³-hybridized carbons (Fsp3) is 0.350. The maximum absolute atomic E-state index is 10.8. The standard InChI is InChI=1S/C20H25N3O3S/c1-13(2)20(24)23-12-16(8-11-22-27(25)26)18-5-4-17(14(3)19(18)23)15-6-9-21-10-7-15/h4-7,9-10,12-13,20,24,27H,8,11H2,1-3H3,(H,22,25,26). The van der Waals surface area contributed by atoms with E-state index in [1.807, 2.05) is 42.8 Å². The zero-order chi connectivity index (χ0) is 19.6. The van der Waals surface area contributed by atoms with Crippen molar-refractivity contribution in [2.24, 2.45) is 5.92 Å². The minimum Gasteiger partial charge on any atom is -0.373 e. The lowest BCUT2D eigenvalue weighted by molar-refractivity contribution is 0.0609. The summed E-state index contributed by atoms with van der Waals surface area (Å²) in [5.41, 5.74) is 5.23. The third-order valence-electron chi connectivity index (χ3n) is 4.84. The van der Waals surface area contributed by atoms with Crippen molar-refractivity contribution in [2.75, 3.05) is 6.54 Å². The van der Waals surface area contributed by atoms with E-state index in [9.17, 15) is 13.5 Å². The molecular formula is C20H25N3O3S. The van der Waals surface area contributed by atoms with Crippen molar-refractivity contribution in [3.8, 4) is 11.1 Å². The molecule has 0 saturated carbocycles. The highest BCUT2D eigenvalue weighted by Crippen LogP contribution is 2.34. The van der Waals surface area contributed by atoms with Gasteiger partial charge in [-0.15, -0.1) is 0 Å². The van der Waals surface area contributed by atoms with Crippen LogP contribution in [0.25, 0.3) is 22.0 Å². The summed E-state index contributed by atoms with van der Waals surface area (Å²) in [5, 5.41) is 11.8. The SMILES string of the molecule is Cc1c(-c2ccncc2)ccc2c(CCN[SH](=O)=O)cn(C(O)C(C)C)c12. The van der Waals surface area contributed by atoms with Crippen molar-refractivity contribution in [3.05, 3.63) is 54.0 Å². The van der Waals surface area contributed by atoms with Crippen LogP contribution < -0.4 is 4.72 Å². The van der Waals surface area contributed by atoms with Crippen LogP contribution in [0.1, 0.15) is 31.2 Å². The van der Waals surface area contributed by atoms with E-state index in [0.29, 0.717) is 13.0 Å². The molecule has 0 saturated heterocycles. The number of thiol groups is 1. The van der Waals surface area contributed by atoms with Crippen molar-refractivity contribution >= 4 is 21.8 Å². The second-order valence-corrected chi connectivity index (χ2v) is 7.84. The van der Waals surface area contributed by atoms with Crippen LogP contribution in [0.4, 0.5) is 0 Å². The Hall–Kier alpha value is -2.22. The summed E-state index contributed by atoms with van der Waals surface area (Å²) < 4.78 is 25.9. The molecule has 3 rings (SSSR count). The molecular weight excluding hydrogens is 362 g/mol. The minimum atomic E-state index is -2.61. The van der Waals surface area contributed by atoms with E-state index in [0.717, 1.165) is 33.2 Å². The topological polar surface area (TPSA) is 84.2 Å². The average Bonchev–Trinajstić information content (AvgIpc) is 3.01. The second-order valence-electron chi connectivity index (χ2n) is 7.00. The maximum atomic E-state index is 10.8. The van der Waals surface area contributed by atoms with Crippen LogP contribution in [0.5, 0.6) is 0 Å². The van der Waals surface area contributed by atoms with Gasteiger partial charge in [-0.2, -0.15) is 0 Å². The van der Waals surface area contributed by atoms with Gasteiger partial charge >= 0.3 is 0 Å². The van der Waals surface area contributed by atoms with Gasteiger partial charge in [0.05, 0.1) is 5.52 Å². The Morgan fingerprint density at radius 1 is 1.19 bits per heavy atom. The number of aryl methyl sites for hydroxylation is 1. The first kappa shape index (κ1) is 19.5. The molecule has 6 nitrogen and oxygen atoms in total. The smallest absolute Gasteiger partial charge is 0.201 e. The molecule has 0 fully saturated rings. The number of aliphatic hydroxyl groups is 1. The number of nitrogens with one attached hydrogen (secondary N) is 1. The first-order valence-electron chi connectivity index (χ1n) is 8.99. The largest absolute Gasteiger partial charge is 0.373 e. The first-order valence-corrected chi connectivity index (χ1v) is 10.2. The van der Waals surface area contributed by atoms with E-state index < -0.39 is 17.1 Å². The molecule has 0 spiro atoms. The van der Waals surface area contributed by atoms with Gasteiger partial charge in [0, 0.05) is 30.5 Å². The lowest BCUT2D eigenvalue weighted by Gasteiger charge is -2.19. The Morgan fingerprint density at radius 3 is 2.52 bits per heavy atom. The van der Waals surface area contributed by atoms with Gasteiger partial charge in [0.2, 0.25) is 10.9 Å².